The summed E-state index contributed by atoms with van der Waals surface area (Å²) < 4.78 is 3.02. The molecule has 0 fully saturated rings. The van der Waals surface area contributed by atoms with Crippen molar-refractivity contribution >= 4 is 22.7 Å². The molecule has 0 radical (unpaired) electrons. The van der Waals surface area contributed by atoms with Crippen LogP contribution in [0.15, 0.2) is 35.8 Å². The van der Waals surface area contributed by atoms with Crippen molar-refractivity contribution in [2.24, 2.45) is 7.05 Å². The van der Waals surface area contributed by atoms with Gasteiger partial charge in [-0.05, 0) is 13.0 Å². The maximum absolute atomic E-state index is 12.9. The summed E-state index contributed by atoms with van der Waals surface area (Å²) >= 11 is 0. The first-order valence-electron chi connectivity index (χ1n) is 8.40. The van der Waals surface area contributed by atoms with Crippen molar-refractivity contribution < 1.29 is 5.11 Å². The van der Waals surface area contributed by atoms with E-state index in [1.807, 2.05) is 0 Å². The van der Waals surface area contributed by atoms with E-state index in [-0.39, 0.29) is 12.1 Å². The zero-order valence-corrected chi connectivity index (χ0v) is 15.3. The van der Waals surface area contributed by atoms with Gasteiger partial charge in [0.2, 0.25) is 0 Å². The topological polar surface area (TPSA) is 122 Å². The molecule has 27 heavy (non-hydrogen) atoms. The minimum atomic E-state index is -0.678. The van der Waals surface area contributed by atoms with Crippen molar-refractivity contribution in [1.82, 2.24) is 29.6 Å². The first-order chi connectivity index (χ1) is 12.9. The second-order valence-electron chi connectivity index (χ2n) is 6.24. The fraction of sp³-hybridized carbons (Fsp3) is 0.278. The molecule has 0 spiro atoms. The standard InChI is InChI=1S/C18H21N7O2/c1-11(26)8-25-10-21-17-14(18(25)27)4-15(13-7-22-24(3)9-13)23-16(17)12(5-19)6-20-2/h4-7,9-11,19-20,26H,8H2,1-3H3/b12-6+,19-5?. The van der Waals surface area contributed by atoms with Crippen molar-refractivity contribution in [3.63, 3.8) is 0 Å². The van der Waals surface area contributed by atoms with E-state index in [2.05, 4.69) is 20.4 Å². The highest BCUT2D eigenvalue weighted by atomic mass is 16.3. The Bertz CT molecular complexity index is 1080. The molecule has 0 aliphatic heterocycles. The van der Waals surface area contributed by atoms with Crippen LogP contribution in [0.1, 0.15) is 12.6 Å². The highest BCUT2D eigenvalue weighted by Crippen LogP contribution is 2.25. The summed E-state index contributed by atoms with van der Waals surface area (Å²) in [5.74, 6) is 0. The molecule has 0 saturated heterocycles. The second kappa shape index (κ2) is 7.50. The molecule has 0 aliphatic carbocycles. The molecule has 0 aromatic carbocycles. The number of nitrogens with one attached hydrogen (secondary N) is 2. The van der Waals surface area contributed by atoms with E-state index >= 15 is 0 Å². The number of aryl methyl sites for hydroxylation is 1. The largest absolute Gasteiger partial charge is 0.393 e. The highest BCUT2D eigenvalue weighted by molar-refractivity contribution is 6.12. The van der Waals surface area contributed by atoms with Crippen molar-refractivity contribution in [1.29, 1.82) is 5.41 Å². The number of hydrogen-bond donors (Lipinski definition) is 3. The van der Waals surface area contributed by atoms with E-state index in [1.54, 1.807) is 50.4 Å². The lowest BCUT2D eigenvalue weighted by Gasteiger charge is -2.12. The summed E-state index contributed by atoms with van der Waals surface area (Å²) in [5, 5.41) is 24.7. The number of aliphatic hydroxyl groups excluding tert-OH is 1. The highest BCUT2D eigenvalue weighted by Gasteiger charge is 2.16. The average molecular weight is 367 g/mol. The molecule has 9 heteroatoms. The average Bonchev–Trinajstić information content (AvgIpc) is 3.07. The molecular weight excluding hydrogens is 346 g/mol. The molecule has 1 atom stereocenters. The van der Waals surface area contributed by atoms with E-state index in [0.29, 0.717) is 27.9 Å². The predicted molar refractivity (Wildman–Crippen MR) is 104 cm³/mol. The van der Waals surface area contributed by atoms with Gasteiger partial charge in [-0.25, -0.2) is 9.97 Å². The Labute approximate surface area is 155 Å². The van der Waals surface area contributed by atoms with E-state index in [1.165, 1.54) is 10.9 Å². The Morgan fingerprint density at radius 2 is 2.26 bits per heavy atom. The number of aromatic nitrogens is 5. The van der Waals surface area contributed by atoms with E-state index in [9.17, 15) is 9.90 Å². The molecule has 3 rings (SSSR count). The Kier molecular flexibility index (Phi) is 5.13. The molecule has 3 aromatic heterocycles. The second-order valence-corrected chi connectivity index (χ2v) is 6.24. The van der Waals surface area contributed by atoms with Crippen LogP contribution in [0.5, 0.6) is 0 Å². The van der Waals surface area contributed by atoms with Crippen molar-refractivity contribution in [2.75, 3.05) is 7.05 Å². The maximum Gasteiger partial charge on any atom is 0.261 e. The number of allylic oxidation sites excluding steroid dienone is 1. The van der Waals surface area contributed by atoms with Gasteiger partial charge in [-0.2, -0.15) is 5.10 Å². The van der Waals surface area contributed by atoms with E-state index < -0.39 is 6.10 Å². The third kappa shape index (κ3) is 3.63. The van der Waals surface area contributed by atoms with Gasteiger partial charge in [-0.1, -0.05) is 0 Å². The predicted octanol–water partition coefficient (Wildman–Crippen LogP) is 0.783. The Morgan fingerprint density at radius 1 is 1.48 bits per heavy atom. The SMILES string of the molecule is CN/C=C(\C=N)c1nc(-c2cnn(C)c2)cc2c(=O)n(CC(C)O)cnc12. The summed E-state index contributed by atoms with van der Waals surface area (Å²) in [6, 6.07) is 1.67. The third-order valence-corrected chi connectivity index (χ3v) is 4.00. The first kappa shape index (κ1) is 18.5. The minimum Gasteiger partial charge on any atom is -0.393 e. The molecule has 140 valence electrons. The molecule has 0 saturated carbocycles. The zero-order chi connectivity index (χ0) is 19.6. The van der Waals surface area contributed by atoms with Crippen LogP contribution in [0.2, 0.25) is 0 Å². The van der Waals surface area contributed by atoms with Gasteiger partial charge in [-0.3, -0.25) is 14.0 Å². The van der Waals surface area contributed by atoms with Crippen molar-refractivity contribution in [3.05, 3.63) is 47.0 Å². The number of hydrogen-bond acceptors (Lipinski definition) is 7. The Morgan fingerprint density at radius 3 is 2.85 bits per heavy atom. The third-order valence-electron chi connectivity index (χ3n) is 4.00. The smallest absolute Gasteiger partial charge is 0.261 e. The van der Waals surface area contributed by atoms with Gasteiger partial charge in [0.15, 0.2) is 0 Å². The Hall–Kier alpha value is -3.33. The quantitative estimate of drug-likeness (QED) is 0.554. The van der Waals surface area contributed by atoms with Gasteiger partial charge >= 0.3 is 0 Å². The number of aliphatic hydroxyl groups is 1. The minimum absolute atomic E-state index is 0.144. The molecule has 3 aromatic rings. The number of fused-ring (bicyclic) bond motifs is 1. The number of pyridine rings is 1. The summed E-state index contributed by atoms with van der Waals surface area (Å²) in [5.41, 5.74) is 2.36. The summed E-state index contributed by atoms with van der Waals surface area (Å²) in [7, 11) is 3.52. The van der Waals surface area contributed by atoms with Crippen LogP contribution >= 0.6 is 0 Å². The summed E-state index contributed by atoms with van der Waals surface area (Å²) in [6.07, 6.45) is 6.97. The monoisotopic (exact) mass is 367 g/mol. The van der Waals surface area contributed by atoms with Gasteiger partial charge in [0.25, 0.3) is 5.56 Å². The molecule has 0 amide bonds. The zero-order valence-electron chi connectivity index (χ0n) is 15.3. The van der Waals surface area contributed by atoms with E-state index in [0.717, 1.165) is 11.8 Å². The van der Waals surface area contributed by atoms with Gasteiger partial charge < -0.3 is 15.8 Å². The molecule has 9 nitrogen and oxygen atoms in total. The number of nitrogens with zero attached hydrogens (tertiary/aromatic N) is 5. The molecular formula is C18H21N7O2. The van der Waals surface area contributed by atoms with Gasteiger partial charge in [0, 0.05) is 43.8 Å². The normalized spacial score (nSPS) is 13.0. The lowest BCUT2D eigenvalue weighted by atomic mass is 10.1. The van der Waals surface area contributed by atoms with E-state index in [4.69, 9.17) is 5.41 Å². The lowest BCUT2D eigenvalue weighted by Crippen LogP contribution is -2.26. The first-order valence-corrected chi connectivity index (χ1v) is 8.40. The molecule has 0 bridgehead atoms. The van der Waals surface area contributed by atoms with Crippen LogP contribution in [-0.4, -0.2) is 48.8 Å². The van der Waals surface area contributed by atoms with Crippen LogP contribution in [0.3, 0.4) is 0 Å². The molecule has 0 aliphatic rings. The van der Waals surface area contributed by atoms with Gasteiger partial charge in [0.1, 0.15) is 11.2 Å². The fourth-order valence-corrected chi connectivity index (χ4v) is 2.82. The van der Waals surface area contributed by atoms with Crippen molar-refractivity contribution in [3.8, 4) is 11.3 Å². The van der Waals surface area contributed by atoms with Crippen LogP contribution in [0.25, 0.3) is 27.7 Å². The Balaban J connectivity index is 2.34. The fourth-order valence-electron chi connectivity index (χ4n) is 2.82. The molecule has 1 unspecified atom stereocenters. The van der Waals surface area contributed by atoms with Crippen LogP contribution in [0, 0.1) is 5.41 Å². The maximum atomic E-state index is 12.9. The van der Waals surface area contributed by atoms with Crippen LogP contribution in [0.4, 0.5) is 0 Å². The van der Waals surface area contributed by atoms with Crippen LogP contribution < -0.4 is 10.9 Å². The van der Waals surface area contributed by atoms with Crippen molar-refractivity contribution in [2.45, 2.75) is 19.6 Å². The summed E-state index contributed by atoms with van der Waals surface area (Å²) in [6.45, 7) is 1.75. The van der Waals surface area contributed by atoms with Gasteiger partial charge in [-0.15, -0.1) is 0 Å². The lowest BCUT2D eigenvalue weighted by molar-refractivity contribution is 0.172. The van der Waals surface area contributed by atoms with Crippen LogP contribution in [-0.2, 0) is 13.6 Å². The molecule has 3 N–H and O–H groups in total. The molecule has 3 heterocycles. The summed E-state index contributed by atoms with van der Waals surface area (Å²) in [4.78, 5) is 22.0. The number of rotatable bonds is 6. The van der Waals surface area contributed by atoms with Gasteiger partial charge in [0.05, 0.1) is 36.3 Å².